The molecular weight excluding hydrogens is 472 g/mol. The number of nitrogens with one attached hydrogen (secondary N) is 1. The van der Waals surface area contributed by atoms with Crippen LogP contribution in [0.15, 0.2) is 53.3 Å². The summed E-state index contributed by atoms with van der Waals surface area (Å²) in [6.07, 6.45) is 0. The molecule has 0 spiro atoms. The minimum atomic E-state index is -0.215. The van der Waals surface area contributed by atoms with E-state index in [4.69, 9.17) is 16.6 Å². The summed E-state index contributed by atoms with van der Waals surface area (Å²) in [5.41, 5.74) is 3.41. The molecule has 2 aromatic heterocycles. The van der Waals surface area contributed by atoms with Crippen molar-refractivity contribution in [2.75, 3.05) is 36.4 Å². The van der Waals surface area contributed by atoms with Crippen molar-refractivity contribution in [1.29, 1.82) is 0 Å². The molecule has 0 unspecified atom stereocenters. The van der Waals surface area contributed by atoms with E-state index >= 15 is 0 Å². The van der Waals surface area contributed by atoms with Crippen molar-refractivity contribution >= 4 is 45.4 Å². The second-order valence-electron chi connectivity index (χ2n) is 8.19. The quantitative estimate of drug-likeness (QED) is 0.455. The summed E-state index contributed by atoms with van der Waals surface area (Å²) in [6, 6.07) is 14.7. The fourth-order valence-corrected chi connectivity index (χ4v) is 5.12. The van der Waals surface area contributed by atoms with Gasteiger partial charge in [0, 0.05) is 48.5 Å². The summed E-state index contributed by atoms with van der Waals surface area (Å²) in [7, 11) is 0. The summed E-state index contributed by atoms with van der Waals surface area (Å²) < 4.78 is 1.35. The number of hydrogen-bond acceptors (Lipinski definition) is 6. The summed E-state index contributed by atoms with van der Waals surface area (Å²) >= 11 is 7.55. The molecule has 4 aromatic rings. The standard InChI is InChI=1S/C24H23ClN6O2S/c1-15-6-3-4-7-17(15)22-28-31-21(32)14-20(27-24(31)34-22)29-10-12-30(13-11-29)23(33)26-19-9-5-8-18(25)16(19)2/h3-9,14H,10-13H2,1-2H3,(H,26,33). The lowest BCUT2D eigenvalue weighted by atomic mass is 10.1. The number of amides is 2. The monoisotopic (exact) mass is 494 g/mol. The van der Waals surface area contributed by atoms with Crippen LogP contribution in [0.4, 0.5) is 16.3 Å². The zero-order valence-electron chi connectivity index (χ0n) is 18.8. The van der Waals surface area contributed by atoms with Crippen molar-refractivity contribution < 1.29 is 4.79 Å². The number of nitrogens with zero attached hydrogens (tertiary/aromatic N) is 5. The molecule has 1 aliphatic rings. The van der Waals surface area contributed by atoms with Crippen molar-refractivity contribution in [2.45, 2.75) is 13.8 Å². The van der Waals surface area contributed by atoms with E-state index in [1.807, 2.05) is 55.1 Å². The van der Waals surface area contributed by atoms with E-state index in [9.17, 15) is 9.59 Å². The molecule has 1 N–H and O–H groups in total. The molecule has 174 valence electrons. The molecule has 2 aromatic carbocycles. The normalized spacial score (nSPS) is 14.0. The highest BCUT2D eigenvalue weighted by Gasteiger charge is 2.24. The first-order valence-corrected chi connectivity index (χ1v) is 12.1. The molecule has 0 aliphatic carbocycles. The molecule has 2 amide bonds. The molecule has 1 saturated heterocycles. The Labute approximate surface area is 205 Å². The molecule has 3 heterocycles. The highest BCUT2D eigenvalue weighted by Crippen LogP contribution is 2.28. The Kier molecular flexibility index (Phi) is 5.97. The smallest absolute Gasteiger partial charge is 0.321 e. The number of hydrogen-bond donors (Lipinski definition) is 1. The largest absolute Gasteiger partial charge is 0.353 e. The van der Waals surface area contributed by atoms with Gasteiger partial charge in [0.2, 0.25) is 4.96 Å². The maximum absolute atomic E-state index is 12.8. The van der Waals surface area contributed by atoms with E-state index in [1.54, 1.807) is 11.0 Å². The number of piperazine rings is 1. The molecule has 34 heavy (non-hydrogen) atoms. The number of fused-ring (bicyclic) bond motifs is 1. The third-order valence-corrected chi connectivity index (χ3v) is 7.36. The molecule has 8 nitrogen and oxygen atoms in total. The van der Waals surface area contributed by atoms with Gasteiger partial charge in [-0.2, -0.15) is 9.61 Å². The third-order valence-electron chi connectivity index (χ3n) is 6.01. The third kappa shape index (κ3) is 4.24. The average molecular weight is 495 g/mol. The average Bonchev–Trinajstić information content (AvgIpc) is 3.27. The van der Waals surface area contributed by atoms with Gasteiger partial charge in [0.15, 0.2) is 0 Å². The van der Waals surface area contributed by atoms with Crippen LogP contribution < -0.4 is 15.8 Å². The van der Waals surface area contributed by atoms with Crippen LogP contribution in [0.2, 0.25) is 5.02 Å². The molecule has 0 bridgehead atoms. The van der Waals surface area contributed by atoms with Crippen LogP contribution in [-0.2, 0) is 0 Å². The van der Waals surface area contributed by atoms with E-state index in [0.717, 1.165) is 21.7 Å². The highest BCUT2D eigenvalue weighted by atomic mass is 35.5. The Morgan fingerprint density at radius 1 is 1.06 bits per heavy atom. The number of aromatic nitrogens is 3. The summed E-state index contributed by atoms with van der Waals surface area (Å²) in [6.45, 7) is 6.09. The van der Waals surface area contributed by atoms with E-state index in [2.05, 4.69) is 10.4 Å². The minimum absolute atomic E-state index is 0.168. The van der Waals surface area contributed by atoms with Crippen LogP contribution in [-0.4, -0.2) is 51.7 Å². The van der Waals surface area contributed by atoms with Crippen molar-refractivity contribution in [3.05, 3.63) is 75.0 Å². The van der Waals surface area contributed by atoms with Crippen molar-refractivity contribution in [1.82, 2.24) is 19.5 Å². The Hall–Kier alpha value is -3.43. The van der Waals surface area contributed by atoms with E-state index in [0.29, 0.717) is 47.7 Å². The van der Waals surface area contributed by atoms with Gasteiger partial charge in [0.1, 0.15) is 10.8 Å². The van der Waals surface area contributed by atoms with Crippen molar-refractivity contribution in [2.24, 2.45) is 0 Å². The first-order chi connectivity index (χ1) is 16.4. The van der Waals surface area contributed by atoms with Gasteiger partial charge in [-0.1, -0.05) is 53.3 Å². The number of carbonyl (C=O) groups excluding carboxylic acids is 1. The molecule has 0 atom stereocenters. The number of benzene rings is 2. The summed E-state index contributed by atoms with van der Waals surface area (Å²) in [5, 5.41) is 8.81. The predicted octanol–water partition coefficient (Wildman–Crippen LogP) is 4.44. The van der Waals surface area contributed by atoms with Gasteiger partial charge >= 0.3 is 6.03 Å². The summed E-state index contributed by atoms with van der Waals surface area (Å²) in [4.78, 5) is 34.6. The number of aryl methyl sites for hydroxylation is 1. The van der Waals surface area contributed by atoms with Gasteiger partial charge in [0.05, 0.1) is 0 Å². The van der Waals surface area contributed by atoms with E-state index < -0.39 is 0 Å². The maximum atomic E-state index is 12.8. The Balaban J connectivity index is 1.31. The van der Waals surface area contributed by atoms with Gasteiger partial charge in [-0.3, -0.25) is 4.79 Å². The van der Waals surface area contributed by atoms with Crippen LogP contribution in [0.5, 0.6) is 0 Å². The van der Waals surface area contributed by atoms with Gasteiger partial charge in [-0.25, -0.2) is 9.78 Å². The maximum Gasteiger partial charge on any atom is 0.321 e. The first-order valence-electron chi connectivity index (χ1n) is 10.9. The fourth-order valence-electron chi connectivity index (χ4n) is 3.96. The van der Waals surface area contributed by atoms with Crippen LogP contribution >= 0.6 is 22.9 Å². The topological polar surface area (TPSA) is 82.8 Å². The molecule has 5 rings (SSSR count). The van der Waals surface area contributed by atoms with E-state index in [-0.39, 0.29) is 11.6 Å². The van der Waals surface area contributed by atoms with Crippen LogP contribution in [0.1, 0.15) is 11.1 Å². The summed E-state index contributed by atoms with van der Waals surface area (Å²) in [5.74, 6) is 0.607. The SMILES string of the molecule is Cc1ccccc1-c1nn2c(=O)cc(N3CCN(C(=O)Nc4cccc(Cl)c4C)CC3)nc2s1. The lowest BCUT2D eigenvalue weighted by Gasteiger charge is -2.35. The van der Waals surface area contributed by atoms with Gasteiger partial charge in [-0.05, 0) is 37.1 Å². The molecule has 0 saturated carbocycles. The van der Waals surface area contributed by atoms with Gasteiger partial charge in [-0.15, -0.1) is 0 Å². The molecule has 1 fully saturated rings. The number of anilines is 2. The first kappa shape index (κ1) is 22.4. The highest BCUT2D eigenvalue weighted by molar-refractivity contribution is 7.19. The molecule has 10 heteroatoms. The Morgan fingerprint density at radius 2 is 1.82 bits per heavy atom. The molecule has 0 radical (unpaired) electrons. The lowest BCUT2D eigenvalue weighted by Crippen LogP contribution is -2.50. The van der Waals surface area contributed by atoms with Crippen LogP contribution in [0, 0.1) is 13.8 Å². The Morgan fingerprint density at radius 3 is 2.59 bits per heavy atom. The number of carbonyl (C=O) groups is 1. The van der Waals surface area contributed by atoms with Crippen molar-refractivity contribution in [3.8, 4) is 10.6 Å². The predicted molar refractivity (Wildman–Crippen MR) is 136 cm³/mol. The van der Waals surface area contributed by atoms with Gasteiger partial charge < -0.3 is 15.1 Å². The zero-order valence-corrected chi connectivity index (χ0v) is 20.4. The van der Waals surface area contributed by atoms with E-state index in [1.165, 1.54) is 21.9 Å². The Bertz CT molecular complexity index is 1440. The van der Waals surface area contributed by atoms with Crippen LogP contribution in [0.25, 0.3) is 15.5 Å². The number of rotatable bonds is 3. The second kappa shape index (κ2) is 9.08. The second-order valence-corrected chi connectivity index (χ2v) is 9.55. The fraction of sp³-hybridized carbons (Fsp3) is 0.250. The lowest BCUT2D eigenvalue weighted by molar-refractivity contribution is 0.208. The zero-order chi connectivity index (χ0) is 23.8. The van der Waals surface area contributed by atoms with Gasteiger partial charge in [0.25, 0.3) is 5.56 Å². The molecular formula is C24H23ClN6O2S. The molecule has 1 aliphatic heterocycles. The van der Waals surface area contributed by atoms with Crippen LogP contribution in [0.3, 0.4) is 0 Å². The van der Waals surface area contributed by atoms with Crippen molar-refractivity contribution in [3.63, 3.8) is 0 Å². The number of halogens is 1. The minimum Gasteiger partial charge on any atom is -0.353 e. The number of urea groups is 1.